The Labute approximate surface area is 171 Å². The molecule has 4 N–H and O–H groups in total. The predicted molar refractivity (Wildman–Crippen MR) is 113 cm³/mol. The van der Waals surface area contributed by atoms with Crippen molar-refractivity contribution in [3.05, 3.63) is 47.1 Å². The fraction of sp³-hybridized carbons (Fsp3) is 0.250. The van der Waals surface area contributed by atoms with Crippen LogP contribution < -0.4 is 16.4 Å². The number of nitrogens with zero attached hydrogens (tertiary/aromatic N) is 2. The molecule has 0 aliphatic rings. The fourth-order valence-electron chi connectivity index (χ4n) is 2.42. The van der Waals surface area contributed by atoms with Gasteiger partial charge in [0.25, 0.3) is 11.7 Å². The number of hydrogen-bond acceptors (Lipinski definition) is 7. The molecular formula is C20H21N5O3S. The van der Waals surface area contributed by atoms with Crippen molar-refractivity contribution in [2.24, 2.45) is 11.1 Å². The van der Waals surface area contributed by atoms with Crippen molar-refractivity contribution >= 4 is 50.7 Å². The number of carbonyl (C=O) groups is 3. The van der Waals surface area contributed by atoms with Gasteiger partial charge in [-0.2, -0.15) is 0 Å². The third-order valence-corrected chi connectivity index (χ3v) is 5.11. The van der Waals surface area contributed by atoms with Crippen molar-refractivity contribution in [2.75, 3.05) is 10.6 Å². The summed E-state index contributed by atoms with van der Waals surface area (Å²) >= 11 is 1.11. The normalized spacial score (nSPS) is 11.3. The zero-order chi connectivity index (χ0) is 21.2. The summed E-state index contributed by atoms with van der Waals surface area (Å²) < 4.78 is 0.757. The van der Waals surface area contributed by atoms with Crippen molar-refractivity contribution in [1.29, 1.82) is 0 Å². The van der Waals surface area contributed by atoms with E-state index in [-0.39, 0.29) is 10.9 Å². The first-order chi connectivity index (χ1) is 13.6. The standard InChI is InChI=1S/C20H21N5O3S/c1-20(2,3)19(28)25-17-11(5-4-8-22-17)10-23-12-6-7-13-14(9-12)29-18(24-13)15(26)16(21)27/h4-9,23H,10H2,1-3H3,(H2,21,27)(H,22,25,28). The largest absolute Gasteiger partial charge is 0.381 e. The molecule has 9 heteroatoms. The molecule has 150 valence electrons. The zero-order valence-corrected chi connectivity index (χ0v) is 17.1. The molecule has 29 heavy (non-hydrogen) atoms. The number of benzene rings is 1. The molecule has 3 rings (SSSR count). The van der Waals surface area contributed by atoms with Crippen molar-refractivity contribution in [3.8, 4) is 0 Å². The van der Waals surface area contributed by atoms with Crippen molar-refractivity contribution in [1.82, 2.24) is 9.97 Å². The van der Waals surface area contributed by atoms with Crippen LogP contribution in [0.1, 0.15) is 36.1 Å². The lowest BCUT2D eigenvalue weighted by atomic mass is 9.95. The second kappa shape index (κ2) is 7.96. The van der Waals surface area contributed by atoms with Crippen LogP contribution >= 0.6 is 11.3 Å². The van der Waals surface area contributed by atoms with Crippen LogP contribution in [0.3, 0.4) is 0 Å². The molecular weight excluding hydrogens is 390 g/mol. The SMILES string of the molecule is CC(C)(C)C(=O)Nc1ncccc1CNc1ccc2nc(C(=O)C(N)=O)sc2c1. The number of primary amides is 1. The van der Waals surface area contributed by atoms with E-state index < -0.39 is 17.1 Å². The van der Waals surface area contributed by atoms with E-state index >= 15 is 0 Å². The minimum atomic E-state index is -1.02. The summed E-state index contributed by atoms with van der Waals surface area (Å²) in [4.78, 5) is 43.5. The molecule has 2 aromatic heterocycles. The highest BCUT2D eigenvalue weighted by atomic mass is 32.1. The molecule has 0 unspecified atom stereocenters. The summed E-state index contributed by atoms with van der Waals surface area (Å²) in [5.74, 6) is -1.43. The summed E-state index contributed by atoms with van der Waals surface area (Å²) in [5, 5.41) is 6.21. The minimum Gasteiger partial charge on any atom is -0.381 e. The van der Waals surface area contributed by atoms with Gasteiger partial charge in [-0.25, -0.2) is 9.97 Å². The Morgan fingerprint density at radius 2 is 1.93 bits per heavy atom. The van der Waals surface area contributed by atoms with Gasteiger partial charge >= 0.3 is 0 Å². The number of rotatable bonds is 6. The Bertz CT molecular complexity index is 1100. The first-order valence-electron chi connectivity index (χ1n) is 8.89. The number of Topliss-reactive ketones (excluding diaryl/α,β-unsaturated/α-hetero) is 1. The van der Waals surface area contributed by atoms with Gasteiger partial charge in [0.05, 0.1) is 10.2 Å². The first-order valence-corrected chi connectivity index (χ1v) is 9.71. The Kier molecular flexibility index (Phi) is 5.60. The van der Waals surface area contributed by atoms with E-state index in [9.17, 15) is 14.4 Å². The van der Waals surface area contributed by atoms with Gasteiger partial charge in [-0.1, -0.05) is 26.8 Å². The van der Waals surface area contributed by atoms with Gasteiger partial charge in [0.1, 0.15) is 5.82 Å². The molecule has 0 bridgehead atoms. The molecule has 0 radical (unpaired) electrons. The molecule has 8 nitrogen and oxygen atoms in total. The molecule has 0 saturated carbocycles. The number of amides is 2. The number of hydrogen-bond donors (Lipinski definition) is 3. The molecule has 0 saturated heterocycles. The fourth-order valence-corrected chi connectivity index (χ4v) is 3.37. The van der Waals surface area contributed by atoms with Crippen LogP contribution in [0, 0.1) is 5.41 Å². The number of nitrogens with two attached hydrogens (primary N) is 1. The average Bonchev–Trinajstić information content (AvgIpc) is 3.09. The summed E-state index contributed by atoms with van der Waals surface area (Å²) in [7, 11) is 0. The van der Waals surface area contributed by atoms with E-state index in [0.29, 0.717) is 17.9 Å². The highest BCUT2D eigenvalue weighted by molar-refractivity contribution is 7.21. The van der Waals surface area contributed by atoms with Crippen molar-refractivity contribution < 1.29 is 14.4 Å². The van der Waals surface area contributed by atoms with E-state index in [1.54, 1.807) is 18.3 Å². The van der Waals surface area contributed by atoms with Crippen LogP contribution in [0.25, 0.3) is 10.2 Å². The Morgan fingerprint density at radius 3 is 2.62 bits per heavy atom. The van der Waals surface area contributed by atoms with Gasteiger partial charge in [-0.05, 0) is 24.3 Å². The van der Waals surface area contributed by atoms with Gasteiger partial charge in [-0.3, -0.25) is 14.4 Å². The molecule has 1 aromatic carbocycles. The number of nitrogens with one attached hydrogen (secondary N) is 2. The lowest BCUT2D eigenvalue weighted by Crippen LogP contribution is -2.28. The minimum absolute atomic E-state index is 0.0732. The van der Waals surface area contributed by atoms with E-state index in [0.717, 1.165) is 27.3 Å². The summed E-state index contributed by atoms with van der Waals surface area (Å²) in [6.07, 6.45) is 1.63. The number of thiazole rings is 1. The van der Waals surface area contributed by atoms with Gasteiger partial charge < -0.3 is 16.4 Å². The maximum absolute atomic E-state index is 12.3. The van der Waals surface area contributed by atoms with Gasteiger partial charge in [0.15, 0.2) is 5.01 Å². The molecule has 0 atom stereocenters. The van der Waals surface area contributed by atoms with E-state index in [1.807, 2.05) is 39.0 Å². The second-order valence-electron chi connectivity index (χ2n) is 7.46. The van der Waals surface area contributed by atoms with Gasteiger partial charge in [0.2, 0.25) is 5.91 Å². The topological polar surface area (TPSA) is 127 Å². The van der Waals surface area contributed by atoms with E-state index in [1.165, 1.54) is 0 Å². The average molecular weight is 411 g/mol. The second-order valence-corrected chi connectivity index (χ2v) is 8.49. The molecule has 2 amide bonds. The highest BCUT2D eigenvalue weighted by Crippen LogP contribution is 2.26. The number of pyridine rings is 1. The van der Waals surface area contributed by atoms with Crippen LogP contribution in [0.15, 0.2) is 36.5 Å². The molecule has 0 fully saturated rings. The summed E-state index contributed by atoms with van der Waals surface area (Å²) in [6.45, 7) is 5.95. The number of ketones is 1. The maximum atomic E-state index is 12.3. The number of carbonyl (C=O) groups excluding carboxylic acids is 3. The van der Waals surface area contributed by atoms with Crippen LogP contribution in [0.5, 0.6) is 0 Å². The quantitative estimate of drug-likeness (QED) is 0.423. The number of anilines is 2. The lowest BCUT2D eigenvalue weighted by molar-refractivity contribution is -0.123. The zero-order valence-electron chi connectivity index (χ0n) is 16.3. The third kappa shape index (κ3) is 4.75. The first kappa shape index (κ1) is 20.4. The molecule has 0 aliphatic carbocycles. The van der Waals surface area contributed by atoms with Crippen LogP contribution in [0.2, 0.25) is 0 Å². The molecule has 3 aromatic rings. The highest BCUT2D eigenvalue weighted by Gasteiger charge is 2.22. The Balaban J connectivity index is 1.76. The number of fused-ring (bicyclic) bond motifs is 1. The summed E-state index contributed by atoms with van der Waals surface area (Å²) in [6, 6.07) is 9.11. The third-order valence-electron chi connectivity index (χ3n) is 4.09. The van der Waals surface area contributed by atoms with Gasteiger partial charge in [0, 0.05) is 29.4 Å². The lowest BCUT2D eigenvalue weighted by Gasteiger charge is -2.19. The van der Waals surface area contributed by atoms with Crippen LogP contribution in [-0.4, -0.2) is 27.6 Å². The van der Waals surface area contributed by atoms with Crippen LogP contribution in [-0.2, 0) is 16.1 Å². The molecule has 2 heterocycles. The summed E-state index contributed by atoms with van der Waals surface area (Å²) in [5.41, 5.74) is 6.76. The number of aromatic nitrogens is 2. The predicted octanol–water partition coefficient (Wildman–Crippen LogP) is 2.96. The Hall–Kier alpha value is -3.33. The smallest absolute Gasteiger partial charge is 0.292 e. The molecule has 0 spiro atoms. The maximum Gasteiger partial charge on any atom is 0.292 e. The molecule has 0 aliphatic heterocycles. The van der Waals surface area contributed by atoms with Gasteiger partial charge in [-0.15, -0.1) is 11.3 Å². The monoisotopic (exact) mass is 411 g/mol. The van der Waals surface area contributed by atoms with Crippen molar-refractivity contribution in [2.45, 2.75) is 27.3 Å². The van der Waals surface area contributed by atoms with Crippen molar-refractivity contribution in [3.63, 3.8) is 0 Å². The van der Waals surface area contributed by atoms with E-state index in [4.69, 9.17) is 5.73 Å². The van der Waals surface area contributed by atoms with E-state index in [2.05, 4.69) is 20.6 Å². The van der Waals surface area contributed by atoms with Crippen LogP contribution in [0.4, 0.5) is 11.5 Å². The Morgan fingerprint density at radius 1 is 1.17 bits per heavy atom.